The molecule has 0 saturated carbocycles. The molecule has 0 N–H and O–H groups in total. The van der Waals surface area contributed by atoms with Crippen molar-refractivity contribution >= 4 is 5.97 Å². The summed E-state index contributed by atoms with van der Waals surface area (Å²) < 4.78 is 17.4. The summed E-state index contributed by atoms with van der Waals surface area (Å²) >= 11 is 0. The normalized spacial score (nSPS) is 22.8. The Hall–Kier alpha value is -0.610. The molecule has 2 rings (SSSR count). The Morgan fingerprint density at radius 2 is 1.34 bits per heavy atom. The smallest absolute Gasteiger partial charge is 0.306 e. The van der Waals surface area contributed by atoms with Gasteiger partial charge in [0.1, 0.15) is 6.10 Å². The highest BCUT2D eigenvalue weighted by Gasteiger charge is 2.23. The predicted molar refractivity (Wildman–Crippen MR) is 118 cm³/mol. The molecule has 4 heteroatoms. The van der Waals surface area contributed by atoms with Gasteiger partial charge in [-0.05, 0) is 57.8 Å². The number of unbranched alkanes of at least 4 members (excludes halogenated alkanes) is 8. The van der Waals surface area contributed by atoms with Crippen molar-refractivity contribution in [2.75, 3.05) is 13.2 Å². The first-order valence-corrected chi connectivity index (χ1v) is 12.7. The van der Waals surface area contributed by atoms with Gasteiger partial charge in [-0.25, -0.2) is 0 Å². The van der Waals surface area contributed by atoms with Crippen molar-refractivity contribution in [1.29, 1.82) is 0 Å². The van der Waals surface area contributed by atoms with Gasteiger partial charge in [0.2, 0.25) is 0 Å². The Morgan fingerprint density at radius 3 is 1.83 bits per heavy atom. The third kappa shape index (κ3) is 12.0. The van der Waals surface area contributed by atoms with Crippen molar-refractivity contribution in [1.82, 2.24) is 0 Å². The largest absolute Gasteiger partial charge is 0.462 e. The second-order valence-electron chi connectivity index (χ2n) is 9.12. The second kappa shape index (κ2) is 16.1. The minimum atomic E-state index is -0.00220. The lowest BCUT2D eigenvalue weighted by molar-refractivity contribution is -0.150. The average Bonchev–Trinajstić information content (AvgIpc) is 3.43. The maximum absolute atomic E-state index is 12.4. The molecule has 0 aliphatic carbocycles. The summed E-state index contributed by atoms with van der Waals surface area (Å²) in [7, 11) is 0. The molecule has 0 aromatic rings. The van der Waals surface area contributed by atoms with E-state index < -0.39 is 0 Å². The maximum atomic E-state index is 12.4. The summed E-state index contributed by atoms with van der Waals surface area (Å²) in [6.07, 6.45) is 21.4. The zero-order valence-corrected chi connectivity index (χ0v) is 19.0. The van der Waals surface area contributed by atoms with E-state index in [0.29, 0.717) is 18.6 Å². The van der Waals surface area contributed by atoms with Gasteiger partial charge in [0.05, 0.1) is 12.2 Å². The zero-order valence-electron chi connectivity index (χ0n) is 19.0. The fourth-order valence-electron chi connectivity index (χ4n) is 4.57. The molecule has 0 radical (unpaired) electrons. The van der Waals surface area contributed by atoms with E-state index in [1.54, 1.807) is 0 Å². The van der Waals surface area contributed by atoms with Gasteiger partial charge in [-0.1, -0.05) is 58.3 Å². The first-order chi connectivity index (χ1) is 14.3. The Labute approximate surface area is 179 Å². The molecule has 0 amide bonds. The number of carbonyl (C=O) groups excluding carboxylic acids is 1. The summed E-state index contributed by atoms with van der Waals surface area (Å²) in [6.45, 7) is 4.04. The molecular formula is C25H46O4. The molecule has 3 atom stereocenters. The van der Waals surface area contributed by atoms with Crippen molar-refractivity contribution in [3.63, 3.8) is 0 Å². The Morgan fingerprint density at radius 1 is 0.828 bits per heavy atom. The number of hydrogen-bond acceptors (Lipinski definition) is 4. The SMILES string of the molecule is CCCCCCCCCCCC(=O)OC(CC[C@H]1CCCO1)CC[C@@H]1CCCO1. The van der Waals surface area contributed by atoms with Crippen LogP contribution in [0.1, 0.15) is 122 Å². The average molecular weight is 411 g/mol. The van der Waals surface area contributed by atoms with Crippen LogP contribution in [0.15, 0.2) is 0 Å². The van der Waals surface area contributed by atoms with Crippen LogP contribution in [0.25, 0.3) is 0 Å². The van der Waals surface area contributed by atoms with Crippen LogP contribution in [-0.2, 0) is 19.0 Å². The maximum Gasteiger partial charge on any atom is 0.306 e. The van der Waals surface area contributed by atoms with Crippen LogP contribution in [-0.4, -0.2) is 37.5 Å². The van der Waals surface area contributed by atoms with Crippen LogP contribution in [0.3, 0.4) is 0 Å². The fourth-order valence-corrected chi connectivity index (χ4v) is 4.57. The molecule has 1 unspecified atom stereocenters. The van der Waals surface area contributed by atoms with Gasteiger partial charge in [-0.15, -0.1) is 0 Å². The molecule has 2 aliphatic rings. The number of rotatable bonds is 17. The predicted octanol–water partition coefficient (Wildman–Crippen LogP) is 6.74. The minimum Gasteiger partial charge on any atom is -0.462 e. The minimum absolute atomic E-state index is 0.00220. The highest BCUT2D eigenvalue weighted by atomic mass is 16.5. The molecule has 4 nitrogen and oxygen atoms in total. The third-order valence-corrected chi connectivity index (χ3v) is 6.45. The van der Waals surface area contributed by atoms with Crippen molar-refractivity contribution in [2.24, 2.45) is 0 Å². The van der Waals surface area contributed by atoms with Crippen LogP contribution in [0.4, 0.5) is 0 Å². The van der Waals surface area contributed by atoms with E-state index in [9.17, 15) is 4.79 Å². The molecule has 0 aromatic heterocycles. The molecular weight excluding hydrogens is 364 g/mol. The quantitative estimate of drug-likeness (QED) is 0.197. The standard InChI is InChI=1S/C25H46O4/c1-2-3-4-5-6-7-8-9-10-15-25(26)29-24(18-16-22-13-11-20-27-22)19-17-23-14-12-21-28-23/h22-24H,2-21H2,1H3/t22-,23+,24?. The lowest BCUT2D eigenvalue weighted by Gasteiger charge is -2.21. The Balaban J connectivity index is 1.56. The molecule has 2 heterocycles. The fraction of sp³-hybridized carbons (Fsp3) is 0.960. The molecule has 0 bridgehead atoms. The lowest BCUT2D eigenvalue weighted by atomic mass is 10.0. The summed E-state index contributed by atoms with van der Waals surface area (Å²) in [5, 5.41) is 0. The van der Waals surface area contributed by atoms with Gasteiger partial charge >= 0.3 is 5.97 Å². The van der Waals surface area contributed by atoms with Crippen LogP contribution >= 0.6 is 0 Å². The number of ether oxygens (including phenoxy) is 3. The molecule has 2 saturated heterocycles. The van der Waals surface area contributed by atoms with E-state index in [1.165, 1.54) is 57.8 Å². The second-order valence-corrected chi connectivity index (χ2v) is 9.12. The molecule has 0 aromatic carbocycles. The van der Waals surface area contributed by atoms with E-state index in [1.807, 2.05) is 0 Å². The summed E-state index contributed by atoms with van der Waals surface area (Å²) in [6, 6.07) is 0. The summed E-state index contributed by atoms with van der Waals surface area (Å²) in [5.41, 5.74) is 0. The van der Waals surface area contributed by atoms with Gasteiger partial charge in [-0.2, -0.15) is 0 Å². The first-order valence-electron chi connectivity index (χ1n) is 12.7. The molecule has 2 aliphatic heterocycles. The summed E-state index contributed by atoms with van der Waals surface area (Å²) in [4.78, 5) is 12.4. The van der Waals surface area contributed by atoms with E-state index in [0.717, 1.165) is 64.6 Å². The number of carbonyl (C=O) groups is 1. The van der Waals surface area contributed by atoms with Crippen molar-refractivity contribution < 1.29 is 19.0 Å². The van der Waals surface area contributed by atoms with Crippen molar-refractivity contribution in [3.05, 3.63) is 0 Å². The van der Waals surface area contributed by atoms with E-state index in [-0.39, 0.29) is 12.1 Å². The highest BCUT2D eigenvalue weighted by molar-refractivity contribution is 5.69. The van der Waals surface area contributed by atoms with E-state index in [4.69, 9.17) is 14.2 Å². The van der Waals surface area contributed by atoms with Crippen LogP contribution in [0.2, 0.25) is 0 Å². The highest BCUT2D eigenvalue weighted by Crippen LogP contribution is 2.24. The first kappa shape index (κ1) is 24.7. The topological polar surface area (TPSA) is 44.8 Å². The zero-order chi connectivity index (χ0) is 20.6. The van der Waals surface area contributed by atoms with E-state index >= 15 is 0 Å². The van der Waals surface area contributed by atoms with Gasteiger partial charge in [0.25, 0.3) is 0 Å². The van der Waals surface area contributed by atoms with Gasteiger partial charge < -0.3 is 14.2 Å². The van der Waals surface area contributed by atoms with Crippen LogP contribution in [0.5, 0.6) is 0 Å². The van der Waals surface area contributed by atoms with Gasteiger partial charge in [0, 0.05) is 19.6 Å². The third-order valence-electron chi connectivity index (χ3n) is 6.45. The molecule has 2 fully saturated rings. The lowest BCUT2D eigenvalue weighted by Crippen LogP contribution is -2.22. The number of esters is 1. The molecule has 170 valence electrons. The van der Waals surface area contributed by atoms with Crippen LogP contribution in [0, 0.1) is 0 Å². The number of hydrogen-bond donors (Lipinski definition) is 0. The van der Waals surface area contributed by atoms with Gasteiger partial charge in [0.15, 0.2) is 0 Å². The van der Waals surface area contributed by atoms with Crippen molar-refractivity contribution in [3.8, 4) is 0 Å². The molecule has 0 spiro atoms. The van der Waals surface area contributed by atoms with E-state index in [2.05, 4.69) is 6.92 Å². The summed E-state index contributed by atoms with van der Waals surface area (Å²) in [5.74, 6) is -0.00220. The van der Waals surface area contributed by atoms with Gasteiger partial charge in [-0.3, -0.25) is 4.79 Å². The molecule has 29 heavy (non-hydrogen) atoms. The Bertz CT molecular complexity index is 380. The van der Waals surface area contributed by atoms with Crippen molar-refractivity contribution in [2.45, 2.75) is 141 Å². The Kier molecular flexibility index (Phi) is 13.7. The monoisotopic (exact) mass is 410 g/mol. The van der Waals surface area contributed by atoms with Crippen LogP contribution < -0.4 is 0 Å².